The second kappa shape index (κ2) is 5.14. The van der Waals surface area contributed by atoms with Crippen LogP contribution in [0.4, 0.5) is 9.59 Å². The van der Waals surface area contributed by atoms with Crippen LogP contribution in [-0.2, 0) is 9.47 Å². The molecule has 0 bridgehead atoms. The van der Waals surface area contributed by atoms with E-state index >= 15 is 0 Å². The lowest BCUT2D eigenvalue weighted by Crippen LogP contribution is -2.42. The van der Waals surface area contributed by atoms with E-state index in [0.717, 1.165) is 25.7 Å². The van der Waals surface area contributed by atoms with Gasteiger partial charge < -0.3 is 20.1 Å². The summed E-state index contributed by atoms with van der Waals surface area (Å²) in [6, 6.07) is 0. The number of cyclic esters (lactones) is 2. The monoisotopic (exact) mass is 284 g/mol. The summed E-state index contributed by atoms with van der Waals surface area (Å²) in [6.45, 7) is 7.87. The van der Waals surface area contributed by atoms with Gasteiger partial charge in [0.05, 0.1) is 11.1 Å². The molecule has 2 unspecified atom stereocenters. The smallest absolute Gasteiger partial charge is 0.408 e. The standard InChI is InChI=1S/C14H24N2O4/c1-13(2)9(19-11(17)15-13)7-5-6-8-10-14(3,4)16-12(18)20-10/h9-10H,5-8H2,1-4H3,(H,15,17)(H,16,18). The molecule has 0 aromatic heterocycles. The van der Waals surface area contributed by atoms with Gasteiger partial charge in [0, 0.05) is 0 Å². The minimum Gasteiger partial charge on any atom is -0.444 e. The summed E-state index contributed by atoms with van der Waals surface area (Å²) in [5.74, 6) is 0. The first-order chi connectivity index (χ1) is 9.21. The van der Waals surface area contributed by atoms with E-state index in [2.05, 4.69) is 10.6 Å². The first kappa shape index (κ1) is 14.9. The SMILES string of the molecule is CC1(C)NC(=O)OC1CCCCC1OC(=O)NC1(C)C. The van der Waals surface area contributed by atoms with Gasteiger partial charge in [-0.15, -0.1) is 0 Å². The third kappa shape index (κ3) is 3.16. The largest absolute Gasteiger partial charge is 0.444 e. The predicted octanol–water partition coefficient (Wildman–Crippen LogP) is 2.32. The molecule has 0 spiro atoms. The highest BCUT2D eigenvalue weighted by Crippen LogP contribution is 2.27. The topological polar surface area (TPSA) is 76.7 Å². The van der Waals surface area contributed by atoms with Crippen LogP contribution in [0.25, 0.3) is 0 Å². The Morgan fingerprint density at radius 2 is 1.20 bits per heavy atom. The Kier molecular flexibility index (Phi) is 3.84. The van der Waals surface area contributed by atoms with Gasteiger partial charge in [-0.25, -0.2) is 9.59 Å². The summed E-state index contributed by atoms with van der Waals surface area (Å²) in [4.78, 5) is 22.5. The highest BCUT2D eigenvalue weighted by molar-refractivity contribution is 5.71. The lowest BCUT2D eigenvalue weighted by molar-refractivity contribution is 0.0977. The van der Waals surface area contributed by atoms with E-state index in [1.54, 1.807) is 0 Å². The molecule has 2 saturated heterocycles. The molecule has 0 aromatic rings. The van der Waals surface area contributed by atoms with Crippen molar-refractivity contribution >= 4 is 12.2 Å². The molecule has 6 nitrogen and oxygen atoms in total. The first-order valence-corrected chi connectivity index (χ1v) is 7.18. The Morgan fingerprint density at radius 3 is 1.45 bits per heavy atom. The minimum absolute atomic E-state index is 0.0905. The van der Waals surface area contributed by atoms with Crippen molar-refractivity contribution < 1.29 is 19.1 Å². The van der Waals surface area contributed by atoms with Gasteiger partial charge in [-0.2, -0.15) is 0 Å². The summed E-state index contributed by atoms with van der Waals surface area (Å²) in [6.07, 6.45) is 2.66. The second-order valence-corrected chi connectivity index (χ2v) is 6.77. The van der Waals surface area contributed by atoms with Crippen LogP contribution in [0.1, 0.15) is 53.4 Å². The van der Waals surface area contributed by atoms with Crippen LogP contribution in [0.15, 0.2) is 0 Å². The Labute approximate surface area is 119 Å². The molecule has 20 heavy (non-hydrogen) atoms. The first-order valence-electron chi connectivity index (χ1n) is 7.18. The molecule has 2 aliphatic heterocycles. The zero-order valence-electron chi connectivity index (χ0n) is 12.6. The van der Waals surface area contributed by atoms with Crippen molar-refractivity contribution in [2.45, 2.75) is 76.7 Å². The molecule has 2 atom stereocenters. The number of amides is 2. The molecule has 0 radical (unpaired) electrons. The number of nitrogens with one attached hydrogen (secondary N) is 2. The number of carbonyl (C=O) groups is 2. The van der Waals surface area contributed by atoms with E-state index < -0.39 is 0 Å². The highest BCUT2D eigenvalue weighted by Gasteiger charge is 2.42. The number of ether oxygens (including phenoxy) is 2. The zero-order valence-corrected chi connectivity index (χ0v) is 12.6. The third-order valence-corrected chi connectivity index (χ3v) is 4.14. The van der Waals surface area contributed by atoms with Crippen molar-refractivity contribution in [3.8, 4) is 0 Å². The van der Waals surface area contributed by atoms with E-state index in [9.17, 15) is 9.59 Å². The number of carbonyl (C=O) groups excluding carboxylic acids is 2. The molecular formula is C14H24N2O4. The maximum atomic E-state index is 11.2. The van der Waals surface area contributed by atoms with Gasteiger partial charge in [0.15, 0.2) is 0 Å². The third-order valence-electron chi connectivity index (χ3n) is 4.14. The predicted molar refractivity (Wildman–Crippen MR) is 73.4 cm³/mol. The fourth-order valence-electron chi connectivity index (χ4n) is 2.80. The van der Waals surface area contributed by atoms with Gasteiger partial charge in [0.1, 0.15) is 12.2 Å². The van der Waals surface area contributed by atoms with Crippen LogP contribution in [0.2, 0.25) is 0 Å². The van der Waals surface area contributed by atoms with Gasteiger partial charge in [-0.05, 0) is 53.4 Å². The maximum absolute atomic E-state index is 11.2. The summed E-state index contributed by atoms with van der Waals surface area (Å²) >= 11 is 0. The van der Waals surface area contributed by atoms with Crippen LogP contribution in [-0.4, -0.2) is 35.5 Å². The van der Waals surface area contributed by atoms with Crippen molar-refractivity contribution in [2.75, 3.05) is 0 Å². The molecule has 2 amide bonds. The molecule has 2 rings (SSSR count). The number of hydrogen-bond donors (Lipinski definition) is 2. The van der Waals surface area contributed by atoms with E-state index in [-0.39, 0.29) is 35.5 Å². The van der Waals surface area contributed by atoms with Crippen molar-refractivity contribution in [1.29, 1.82) is 0 Å². The van der Waals surface area contributed by atoms with Gasteiger partial charge in [0.25, 0.3) is 0 Å². The zero-order chi connectivity index (χ0) is 15.0. The maximum Gasteiger partial charge on any atom is 0.408 e. The van der Waals surface area contributed by atoms with E-state index in [1.807, 2.05) is 27.7 Å². The van der Waals surface area contributed by atoms with Crippen LogP contribution in [0.3, 0.4) is 0 Å². The summed E-state index contributed by atoms with van der Waals surface area (Å²) < 4.78 is 10.5. The molecule has 2 aliphatic rings. The van der Waals surface area contributed by atoms with E-state index in [1.165, 1.54) is 0 Å². The highest BCUT2D eigenvalue weighted by atomic mass is 16.6. The van der Waals surface area contributed by atoms with E-state index in [4.69, 9.17) is 9.47 Å². The normalized spacial score (nSPS) is 30.4. The average Bonchev–Trinajstić information content (AvgIpc) is 2.69. The molecule has 0 saturated carbocycles. The van der Waals surface area contributed by atoms with Crippen LogP contribution >= 0.6 is 0 Å². The van der Waals surface area contributed by atoms with Gasteiger partial charge in [-0.1, -0.05) is 0 Å². The van der Waals surface area contributed by atoms with Crippen LogP contribution < -0.4 is 10.6 Å². The Morgan fingerprint density at radius 1 is 0.850 bits per heavy atom. The van der Waals surface area contributed by atoms with Gasteiger partial charge in [0.2, 0.25) is 0 Å². The van der Waals surface area contributed by atoms with Crippen LogP contribution in [0.5, 0.6) is 0 Å². The number of alkyl carbamates (subject to hydrolysis) is 2. The van der Waals surface area contributed by atoms with Crippen molar-refractivity contribution in [3.05, 3.63) is 0 Å². The quantitative estimate of drug-likeness (QED) is 0.760. The molecule has 6 heteroatoms. The Balaban J connectivity index is 1.72. The van der Waals surface area contributed by atoms with Crippen LogP contribution in [0, 0.1) is 0 Å². The molecule has 2 heterocycles. The number of hydrogen-bond acceptors (Lipinski definition) is 4. The molecule has 114 valence electrons. The molecule has 2 N–H and O–H groups in total. The fraction of sp³-hybridized carbons (Fsp3) is 0.857. The van der Waals surface area contributed by atoms with Crippen molar-refractivity contribution in [3.63, 3.8) is 0 Å². The number of rotatable bonds is 5. The summed E-state index contributed by atoms with van der Waals surface area (Å²) in [7, 11) is 0. The fourth-order valence-corrected chi connectivity index (χ4v) is 2.80. The Bertz CT molecular complexity index is 368. The van der Waals surface area contributed by atoms with Gasteiger partial charge in [-0.3, -0.25) is 0 Å². The van der Waals surface area contributed by atoms with E-state index in [0.29, 0.717) is 0 Å². The lowest BCUT2D eigenvalue weighted by atomic mass is 9.91. The van der Waals surface area contributed by atoms with Crippen molar-refractivity contribution in [1.82, 2.24) is 10.6 Å². The average molecular weight is 284 g/mol. The Hall–Kier alpha value is -1.46. The molecule has 0 aliphatic carbocycles. The summed E-state index contributed by atoms with van der Waals surface area (Å²) in [5.41, 5.74) is -0.616. The van der Waals surface area contributed by atoms with Crippen molar-refractivity contribution in [2.24, 2.45) is 0 Å². The summed E-state index contributed by atoms with van der Waals surface area (Å²) in [5, 5.41) is 5.61. The molecule has 0 aromatic carbocycles. The minimum atomic E-state index is -0.338. The molecular weight excluding hydrogens is 260 g/mol. The lowest BCUT2D eigenvalue weighted by Gasteiger charge is -2.25. The number of unbranched alkanes of at least 4 members (excludes halogenated alkanes) is 1. The second-order valence-electron chi connectivity index (χ2n) is 6.77. The molecule has 2 fully saturated rings. The van der Waals surface area contributed by atoms with Gasteiger partial charge >= 0.3 is 12.2 Å².